The Bertz CT molecular complexity index is 788. The summed E-state index contributed by atoms with van der Waals surface area (Å²) in [5.74, 6) is 1.23. The van der Waals surface area contributed by atoms with Crippen molar-refractivity contribution in [1.82, 2.24) is 24.7 Å². The van der Waals surface area contributed by atoms with Crippen molar-refractivity contribution in [2.75, 3.05) is 39.5 Å². The second kappa shape index (κ2) is 6.48. The molecule has 1 saturated heterocycles. The molecule has 2 N–H and O–H groups in total. The van der Waals surface area contributed by atoms with E-state index in [1.165, 1.54) is 0 Å². The van der Waals surface area contributed by atoms with Gasteiger partial charge in [0.2, 0.25) is 0 Å². The highest BCUT2D eigenvalue weighted by molar-refractivity contribution is 5.87. The number of amides is 2. The first-order valence-electron chi connectivity index (χ1n) is 8.50. The van der Waals surface area contributed by atoms with E-state index in [4.69, 9.17) is 5.73 Å². The zero-order chi connectivity index (χ0) is 18.2. The molecule has 0 atom stereocenters. The Kier molecular flexibility index (Phi) is 4.51. The summed E-state index contributed by atoms with van der Waals surface area (Å²) in [6, 6.07) is 7.83. The maximum atomic E-state index is 12.2. The number of hydrogen-bond donors (Lipinski definition) is 1. The number of nitrogens with zero attached hydrogens (tertiary/aromatic N) is 5. The molecule has 1 aliphatic heterocycles. The van der Waals surface area contributed by atoms with Gasteiger partial charge in [0.25, 0.3) is 0 Å². The average molecular weight is 342 g/mol. The van der Waals surface area contributed by atoms with Gasteiger partial charge >= 0.3 is 6.03 Å². The monoisotopic (exact) mass is 342 g/mol. The molecule has 0 saturated carbocycles. The first-order valence-corrected chi connectivity index (χ1v) is 8.50. The second-order valence-corrected chi connectivity index (χ2v) is 7.37. The number of anilines is 1. The molecule has 134 valence electrons. The van der Waals surface area contributed by atoms with E-state index in [1.807, 2.05) is 29.2 Å². The highest BCUT2D eigenvalue weighted by Gasteiger charge is 2.36. The van der Waals surface area contributed by atoms with Crippen molar-refractivity contribution >= 4 is 22.8 Å². The molecule has 7 heteroatoms. The van der Waals surface area contributed by atoms with Gasteiger partial charge in [-0.15, -0.1) is 0 Å². The van der Waals surface area contributed by atoms with Crippen LogP contribution < -0.4 is 5.73 Å². The first-order chi connectivity index (χ1) is 11.8. The quantitative estimate of drug-likeness (QED) is 0.900. The summed E-state index contributed by atoms with van der Waals surface area (Å²) in [6.45, 7) is 7.06. The fourth-order valence-electron chi connectivity index (χ4n) is 3.32. The number of benzene rings is 1. The fraction of sp³-hybridized carbons (Fsp3) is 0.500. The predicted molar refractivity (Wildman–Crippen MR) is 99.1 cm³/mol. The van der Waals surface area contributed by atoms with Gasteiger partial charge in [-0.2, -0.15) is 0 Å². The molecule has 0 unspecified atom stereocenters. The molecule has 7 nitrogen and oxygen atoms in total. The van der Waals surface area contributed by atoms with Crippen molar-refractivity contribution in [2.45, 2.75) is 25.9 Å². The molecule has 0 spiro atoms. The van der Waals surface area contributed by atoms with Gasteiger partial charge in [0.15, 0.2) is 0 Å². The van der Waals surface area contributed by atoms with Crippen LogP contribution >= 0.6 is 0 Å². The highest BCUT2D eigenvalue weighted by Crippen LogP contribution is 2.24. The number of urea groups is 1. The maximum Gasteiger partial charge on any atom is 0.319 e. The van der Waals surface area contributed by atoms with Gasteiger partial charge in [-0.3, -0.25) is 4.90 Å². The van der Waals surface area contributed by atoms with Crippen molar-refractivity contribution in [1.29, 1.82) is 0 Å². The lowest BCUT2D eigenvalue weighted by Crippen LogP contribution is -2.61. The van der Waals surface area contributed by atoms with Gasteiger partial charge in [-0.1, -0.05) is 12.1 Å². The summed E-state index contributed by atoms with van der Waals surface area (Å²) in [7, 11) is 3.57. The molecule has 2 amide bonds. The highest BCUT2D eigenvalue weighted by atomic mass is 16.2. The van der Waals surface area contributed by atoms with Gasteiger partial charge < -0.3 is 15.5 Å². The van der Waals surface area contributed by atoms with Gasteiger partial charge in [0, 0.05) is 44.7 Å². The van der Waals surface area contributed by atoms with Gasteiger partial charge in [0.05, 0.1) is 12.1 Å². The molecule has 1 aromatic carbocycles. The van der Waals surface area contributed by atoms with Crippen LogP contribution in [0, 0.1) is 0 Å². The molecule has 0 radical (unpaired) electrons. The van der Waals surface area contributed by atoms with Crippen LogP contribution in [0.3, 0.4) is 0 Å². The van der Waals surface area contributed by atoms with E-state index in [-0.39, 0.29) is 11.6 Å². The largest absolute Gasteiger partial charge is 0.383 e. The van der Waals surface area contributed by atoms with Gasteiger partial charge in [0.1, 0.15) is 11.6 Å². The topological polar surface area (TPSA) is 78.6 Å². The lowest BCUT2D eigenvalue weighted by atomic mass is 9.99. The zero-order valence-corrected chi connectivity index (χ0v) is 15.4. The van der Waals surface area contributed by atoms with E-state index in [9.17, 15) is 4.79 Å². The normalized spacial score (nSPS) is 17.7. The Balaban J connectivity index is 1.78. The SMILES string of the molecule is CN(C)C(=O)N1CCN(Cc2nc(N)c3ccccc3n2)C(C)(C)C1. The Morgan fingerprint density at radius 2 is 1.96 bits per heavy atom. The number of nitrogens with two attached hydrogens (primary N) is 1. The Morgan fingerprint density at radius 1 is 1.24 bits per heavy atom. The molecular weight excluding hydrogens is 316 g/mol. The third-order valence-electron chi connectivity index (χ3n) is 4.74. The molecule has 0 bridgehead atoms. The van der Waals surface area contributed by atoms with Crippen LogP contribution in [0.1, 0.15) is 19.7 Å². The van der Waals surface area contributed by atoms with E-state index >= 15 is 0 Å². The molecule has 3 rings (SSSR count). The number of carbonyl (C=O) groups excluding carboxylic acids is 1. The standard InChI is InChI=1S/C18H26N6O/c1-18(2)12-23(17(25)22(3)4)9-10-24(18)11-15-20-14-8-6-5-7-13(14)16(19)21-15/h5-8H,9-12H2,1-4H3,(H2,19,20,21). The van der Waals surface area contributed by atoms with Crippen LogP contribution in [0.2, 0.25) is 0 Å². The second-order valence-electron chi connectivity index (χ2n) is 7.37. The van der Waals surface area contributed by atoms with E-state index in [0.717, 1.165) is 23.3 Å². The van der Waals surface area contributed by atoms with Crippen molar-refractivity contribution in [3.05, 3.63) is 30.1 Å². The Morgan fingerprint density at radius 3 is 2.64 bits per heavy atom. The lowest BCUT2D eigenvalue weighted by molar-refractivity contribution is 0.0229. The minimum Gasteiger partial charge on any atom is -0.383 e. The van der Waals surface area contributed by atoms with Crippen molar-refractivity contribution in [3.63, 3.8) is 0 Å². The van der Waals surface area contributed by atoms with E-state index < -0.39 is 0 Å². The first kappa shape index (κ1) is 17.4. The molecule has 2 aromatic rings. The number of carbonyl (C=O) groups is 1. The lowest BCUT2D eigenvalue weighted by Gasteiger charge is -2.47. The summed E-state index contributed by atoms with van der Waals surface area (Å²) < 4.78 is 0. The Labute approximate surface area is 148 Å². The van der Waals surface area contributed by atoms with Crippen molar-refractivity contribution in [3.8, 4) is 0 Å². The molecule has 1 fully saturated rings. The van der Waals surface area contributed by atoms with Crippen molar-refractivity contribution in [2.24, 2.45) is 0 Å². The number of hydrogen-bond acceptors (Lipinski definition) is 5. The average Bonchev–Trinajstić information content (AvgIpc) is 2.55. The number of fused-ring (bicyclic) bond motifs is 1. The number of para-hydroxylation sites is 1. The predicted octanol–water partition coefficient (Wildman–Crippen LogP) is 1.79. The van der Waals surface area contributed by atoms with E-state index in [1.54, 1.807) is 19.0 Å². The van der Waals surface area contributed by atoms with Crippen LogP contribution in [-0.4, -0.2) is 70.0 Å². The molecule has 1 aliphatic rings. The molecular formula is C18H26N6O. The van der Waals surface area contributed by atoms with Crippen LogP contribution in [0.25, 0.3) is 10.9 Å². The summed E-state index contributed by atoms with van der Waals surface area (Å²) in [5, 5.41) is 0.881. The number of nitrogen functional groups attached to an aromatic ring is 1. The van der Waals surface area contributed by atoms with Crippen LogP contribution in [0.4, 0.5) is 10.6 Å². The minimum atomic E-state index is -0.159. The van der Waals surface area contributed by atoms with Gasteiger partial charge in [-0.05, 0) is 26.0 Å². The fourth-order valence-corrected chi connectivity index (χ4v) is 3.32. The number of rotatable bonds is 2. The zero-order valence-electron chi connectivity index (χ0n) is 15.4. The third-order valence-corrected chi connectivity index (χ3v) is 4.74. The summed E-state index contributed by atoms with van der Waals surface area (Å²) >= 11 is 0. The third kappa shape index (κ3) is 3.51. The molecule has 1 aromatic heterocycles. The maximum absolute atomic E-state index is 12.2. The molecule has 25 heavy (non-hydrogen) atoms. The van der Waals surface area contributed by atoms with Crippen LogP contribution in [0.15, 0.2) is 24.3 Å². The van der Waals surface area contributed by atoms with E-state index in [2.05, 4.69) is 28.7 Å². The van der Waals surface area contributed by atoms with E-state index in [0.29, 0.717) is 25.5 Å². The number of piperazine rings is 1. The summed E-state index contributed by atoms with van der Waals surface area (Å²) in [6.07, 6.45) is 0. The van der Waals surface area contributed by atoms with Gasteiger partial charge in [-0.25, -0.2) is 14.8 Å². The minimum absolute atomic E-state index is 0.0546. The summed E-state index contributed by atoms with van der Waals surface area (Å²) in [5.41, 5.74) is 6.80. The van der Waals surface area contributed by atoms with Crippen molar-refractivity contribution < 1.29 is 4.79 Å². The smallest absolute Gasteiger partial charge is 0.319 e. The molecule has 0 aliphatic carbocycles. The van der Waals surface area contributed by atoms with Crippen LogP contribution in [0.5, 0.6) is 0 Å². The Hall–Kier alpha value is -2.41. The molecule has 2 heterocycles. The van der Waals surface area contributed by atoms with Crippen LogP contribution in [-0.2, 0) is 6.54 Å². The number of aromatic nitrogens is 2. The summed E-state index contributed by atoms with van der Waals surface area (Å²) in [4.78, 5) is 27.2.